The van der Waals surface area contributed by atoms with Gasteiger partial charge in [0.1, 0.15) is 5.75 Å². The second-order valence-electron chi connectivity index (χ2n) is 6.17. The highest BCUT2D eigenvalue weighted by Crippen LogP contribution is 2.24. The zero-order valence-electron chi connectivity index (χ0n) is 14.5. The summed E-state index contributed by atoms with van der Waals surface area (Å²) in [5.74, 6) is 0.645. The van der Waals surface area contributed by atoms with Gasteiger partial charge in [0.25, 0.3) is 5.91 Å². The Morgan fingerprint density at radius 3 is 2.48 bits per heavy atom. The van der Waals surface area contributed by atoms with Crippen LogP contribution in [0.3, 0.4) is 0 Å². The minimum Gasteiger partial charge on any atom is -0.494 e. The normalized spacial score (nSPS) is 16.8. The van der Waals surface area contributed by atoms with Crippen LogP contribution in [0.4, 0.5) is 5.69 Å². The zero-order valence-corrected chi connectivity index (χ0v) is 14.5. The van der Waals surface area contributed by atoms with Crippen molar-refractivity contribution in [1.82, 2.24) is 5.32 Å². The van der Waals surface area contributed by atoms with Crippen LogP contribution in [0.2, 0.25) is 0 Å². The molecule has 1 aliphatic heterocycles. The Morgan fingerprint density at radius 1 is 1.16 bits per heavy atom. The number of hydrogen-bond acceptors (Lipinski definition) is 3. The summed E-state index contributed by atoms with van der Waals surface area (Å²) in [5, 5.41) is 2.95. The number of hydrogen-bond donors (Lipinski definition) is 1. The maximum Gasteiger partial charge on any atom is 0.251 e. The first-order valence-electron chi connectivity index (χ1n) is 8.47. The molecule has 3 rings (SSSR count). The molecule has 2 aromatic rings. The van der Waals surface area contributed by atoms with Gasteiger partial charge < -0.3 is 15.0 Å². The lowest BCUT2D eigenvalue weighted by Gasteiger charge is -2.17. The average Bonchev–Trinajstić information content (AvgIpc) is 2.96. The van der Waals surface area contributed by atoms with Crippen LogP contribution in [0, 0.1) is 6.92 Å². The summed E-state index contributed by atoms with van der Waals surface area (Å²) in [5.41, 5.74) is 2.53. The summed E-state index contributed by atoms with van der Waals surface area (Å²) >= 11 is 0. The van der Waals surface area contributed by atoms with Gasteiger partial charge in [-0.3, -0.25) is 9.59 Å². The van der Waals surface area contributed by atoms with E-state index in [1.54, 1.807) is 17.0 Å². The molecule has 5 nitrogen and oxygen atoms in total. The highest BCUT2D eigenvalue weighted by molar-refractivity contribution is 5.99. The van der Waals surface area contributed by atoms with Gasteiger partial charge in [-0.1, -0.05) is 17.7 Å². The number of aryl methyl sites for hydroxylation is 1. The molecule has 5 heteroatoms. The van der Waals surface area contributed by atoms with Crippen molar-refractivity contribution >= 4 is 17.5 Å². The van der Waals surface area contributed by atoms with E-state index in [9.17, 15) is 9.59 Å². The summed E-state index contributed by atoms with van der Waals surface area (Å²) < 4.78 is 5.42. The van der Waals surface area contributed by atoms with Crippen LogP contribution in [-0.2, 0) is 4.79 Å². The monoisotopic (exact) mass is 338 g/mol. The molecule has 0 radical (unpaired) electrons. The smallest absolute Gasteiger partial charge is 0.251 e. The van der Waals surface area contributed by atoms with Crippen molar-refractivity contribution in [2.75, 3.05) is 18.1 Å². The lowest BCUT2D eigenvalue weighted by molar-refractivity contribution is -0.117. The summed E-state index contributed by atoms with van der Waals surface area (Å²) in [4.78, 5) is 26.3. The second kappa shape index (κ2) is 7.38. The Balaban J connectivity index is 1.63. The third-order valence-electron chi connectivity index (χ3n) is 4.23. The number of ether oxygens (including phenoxy) is 1. The third kappa shape index (κ3) is 3.99. The fourth-order valence-electron chi connectivity index (χ4n) is 2.92. The van der Waals surface area contributed by atoms with E-state index in [2.05, 4.69) is 5.32 Å². The molecule has 1 heterocycles. The predicted molar refractivity (Wildman–Crippen MR) is 97.0 cm³/mol. The van der Waals surface area contributed by atoms with Gasteiger partial charge >= 0.3 is 0 Å². The molecule has 2 aromatic carbocycles. The first kappa shape index (κ1) is 17.0. The summed E-state index contributed by atoms with van der Waals surface area (Å²) in [6, 6.07) is 14.7. The quantitative estimate of drug-likeness (QED) is 0.912. The largest absolute Gasteiger partial charge is 0.494 e. The molecule has 130 valence electrons. The van der Waals surface area contributed by atoms with Gasteiger partial charge in [0.15, 0.2) is 0 Å². The third-order valence-corrected chi connectivity index (χ3v) is 4.23. The average molecular weight is 338 g/mol. The molecule has 1 atom stereocenters. The standard InChI is InChI=1S/C20H22N2O3/c1-3-25-18-10-8-17(9-11-18)22-13-16(12-19(22)23)21-20(24)15-6-4-14(2)5-7-15/h4-11,16H,3,12-13H2,1-2H3,(H,21,24). The zero-order chi connectivity index (χ0) is 17.8. The Hall–Kier alpha value is -2.82. The maximum atomic E-state index is 12.3. The van der Waals surface area contributed by atoms with E-state index in [0.717, 1.165) is 17.0 Å². The highest BCUT2D eigenvalue weighted by atomic mass is 16.5. The number of nitrogens with zero attached hydrogens (tertiary/aromatic N) is 1. The molecule has 2 amide bonds. The number of carbonyl (C=O) groups excluding carboxylic acids is 2. The van der Waals surface area contributed by atoms with Crippen LogP contribution in [-0.4, -0.2) is 31.0 Å². The van der Waals surface area contributed by atoms with Crippen molar-refractivity contribution in [3.05, 3.63) is 59.7 Å². The van der Waals surface area contributed by atoms with E-state index in [0.29, 0.717) is 25.1 Å². The van der Waals surface area contributed by atoms with Crippen molar-refractivity contribution in [1.29, 1.82) is 0 Å². The molecule has 0 bridgehead atoms. The fraction of sp³-hybridized carbons (Fsp3) is 0.300. The molecule has 1 fully saturated rings. The van der Waals surface area contributed by atoms with Crippen LogP contribution >= 0.6 is 0 Å². The van der Waals surface area contributed by atoms with E-state index >= 15 is 0 Å². The van der Waals surface area contributed by atoms with E-state index in [-0.39, 0.29) is 17.9 Å². The summed E-state index contributed by atoms with van der Waals surface area (Å²) in [6.07, 6.45) is 0.310. The molecule has 0 aromatic heterocycles. The molecule has 0 spiro atoms. The van der Waals surface area contributed by atoms with Gasteiger partial charge in [-0.05, 0) is 50.2 Å². The van der Waals surface area contributed by atoms with E-state index < -0.39 is 0 Å². The number of rotatable bonds is 5. The molecule has 1 aliphatic rings. The lowest BCUT2D eigenvalue weighted by Crippen LogP contribution is -2.37. The molecule has 0 saturated carbocycles. The number of nitrogens with one attached hydrogen (secondary N) is 1. The second-order valence-corrected chi connectivity index (χ2v) is 6.17. The Bertz CT molecular complexity index is 754. The van der Waals surface area contributed by atoms with Gasteiger partial charge in [0.2, 0.25) is 5.91 Å². The minimum absolute atomic E-state index is 0.0124. The van der Waals surface area contributed by atoms with E-state index in [4.69, 9.17) is 4.74 Å². The van der Waals surface area contributed by atoms with E-state index in [1.165, 1.54) is 0 Å². The molecular weight excluding hydrogens is 316 g/mol. The maximum absolute atomic E-state index is 12.3. The van der Waals surface area contributed by atoms with Crippen molar-refractivity contribution in [2.45, 2.75) is 26.3 Å². The molecule has 1 unspecified atom stereocenters. The van der Waals surface area contributed by atoms with Crippen LogP contribution in [0.25, 0.3) is 0 Å². The topological polar surface area (TPSA) is 58.6 Å². The fourth-order valence-corrected chi connectivity index (χ4v) is 2.92. The molecule has 0 aliphatic carbocycles. The van der Waals surface area contributed by atoms with Crippen LogP contribution < -0.4 is 15.0 Å². The molecule has 1 saturated heterocycles. The van der Waals surface area contributed by atoms with Crippen molar-refractivity contribution in [3.8, 4) is 5.75 Å². The van der Waals surface area contributed by atoms with Gasteiger partial charge in [-0.2, -0.15) is 0 Å². The number of amides is 2. The number of anilines is 1. The van der Waals surface area contributed by atoms with Crippen LogP contribution in [0.15, 0.2) is 48.5 Å². The molecular formula is C20H22N2O3. The van der Waals surface area contributed by atoms with Crippen molar-refractivity contribution in [3.63, 3.8) is 0 Å². The van der Waals surface area contributed by atoms with Crippen LogP contribution in [0.5, 0.6) is 5.75 Å². The molecule has 25 heavy (non-hydrogen) atoms. The van der Waals surface area contributed by atoms with Crippen molar-refractivity contribution in [2.24, 2.45) is 0 Å². The summed E-state index contributed by atoms with van der Waals surface area (Å²) in [7, 11) is 0. The lowest BCUT2D eigenvalue weighted by atomic mass is 10.1. The SMILES string of the molecule is CCOc1ccc(N2CC(NC(=O)c3ccc(C)cc3)CC2=O)cc1. The number of benzene rings is 2. The summed E-state index contributed by atoms with van der Waals surface area (Å²) in [6.45, 7) is 4.99. The number of carbonyl (C=O) groups is 2. The Labute approximate surface area is 147 Å². The first-order chi connectivity index (χ1) is 12.1. The van der Waals surface area contributed by atoms with Gasteiger partial charge in [0.05, 0.1) is 12.6 Å². The predicted octanol–water partition coefficient (Wildman–Crippen LogP) is 2.93. The van der Waals surface area contributed by atoms with Gasteiger partial charge in [-0.15, -0.1) is 0 Å². The highest BCUT2D eigenvalue weighted by Gasteiger charge is 2.31. The van der Waals surface area contributed by atoms with Crippen LogP contribution in [0.1, 0.15) is 29.3 Å². The Morgan fingerprint density at radius 2 is 1.84 bits per heavy atom. The Kier molecular flexibility index (Phi) is 5.03. The molecule has 1 N–H and O–H groups in total. The van der Waals surface area contributed by atoms with E-state index in [1.807, 2.05) is 50.2 Å². The van der Waals surface area contributed by atoms with Gasteiger partial charge in [0, 0.05) is 24.2 Å². The first-order valence-corrected chi connectivity index (χ1v) is 8.47. The van der Waals surface area contributed by atoms with Crippen molar-refractivity contribution < 1.29 is 14.3 Å². The van der Waals surface area contributed by atoms with Gasteiger partial charge in [-0.25, -0.2) is 0 Å². The minimum atomic E-state index is -0.187.